The standard InChI is InChI=1S/C24H19N3O2S/c1-29-19-9-5-6-16(12-19)14-25-23(28)18-10-11-21-22(13-18)30-24-26-20(15-27(21)24)17-7-3-2-4-8-17/h2-13,15H,14H2,1H3,(H,25,28). The van der Waals surface area contributed by atoms with Gasteiger partial charge < -0.3 is 10.1 Å². The van der Waals surface area contributed by atoms with E-state index in [1.807, 2.05) is 66.9 Å². The Bertz CT molecular complexity index is 1360. The van der Waals surface area contributed by atoms with Gasteiger partial charge in [0.2, 0.25) is 0 Å². The minimum Gasteiger partial charge on any atom is -0.497 e. The molecule has 3 aromatic carbocycles. The van der Waals surface area contributed by atoms with Crippen molar-refractivity contribution in [1.29, 1.82) is 0 Å². The summed E-state index contributed by atoms with van der Waals surface area (Å²) in [6.45, 7) is 0.447. The normalized spacial score (nSPS) is 11.1. The third-order valence-electron chi connectivity index (χ3n) is 5.01. The van der Waals surface area contributed by atoms with E-state index in [2.05, 4.69) is 21.9 Å². The van der Waals surface area contributed by atoms with E-state index in [1.54, 1.807) is 18.4 Å². The summed E-state index contributed by atoms with van der Waals surface area (Å²) in [4.78, 5) is 18.3. The molecule has 0 unspecified atom stereocenters. The molecule has 2 aromatic heterocycles. The molecule has 0 spiro atoms. The maximum Gasteiger partial charge on any atom is 0.251 e. The minimum atomic E-state index is -0.101. The molecule has 6 heteroatoms. The Labute approximate surface area is 177 Å². The van der Waals surface area contributed by atoms with E-state index in [0.717, 1.165) is 37.7 Å². The van der Waals surface area contributed by atoms with Crippen molar-refractivity contribution in [3.8, 4) is 17.0 Å². The van der Waals surface area contributed by atoms with Gasteiger partial charge in [-0.2, -0.15) is 0 Å². The first-order chi connectivity index (χ1) is 14.7. The molecule has 5 aromatic rings. The van der Waals surface area contributed by atoms with Crippen molar-refractivity contribution >= 4 is 32.4 Å². The number of carbonyl (C=O) groups is 1. The molecule has 0 aliphatic heterocycles. The molecule has 30 heavy (non-hydrogen) atoms. The van der Waals surface area contributed by atoms with Gasteiger partial charge in [-0.15, -0.1) is 0 Å². The smallest absolute Gasteiger partial charge is 0.251 e. The van der Waals surface area contributed by atoms with Gasteiger partial charge in [-0.05, 0) is 35.9 Å². The Morgan fingerprint density at radius 3 is 2.77 bits per heavy atom. The van der Waals surface area contributed by atoms with Gasteiger partial charge in [0.1, 0.15) is 5.75 Å². The number of thiazole rings is 1. The van der Waals surface area contributed by atoms with E-state index in [9.17, 15) is 4.79 Å². The molecule has 5 nitrogen and oxygen atoms in total. The van der Waals surface area contributed by atoms with Crippen molar-refractivity contribution in [2.45, 2.75) is 6.54 Å². The Morgan fingerprint density at radius 2 is 1.93 bits per heavy atom. The lowest BCUT2D eigenvalue weighted by atomic mass is 10.1. The molecule has 1 N–H and O–H groups in total. The van der Waals surface area contributed by atoms with Crippen LogP contribution in [-0.2, 0) is 6.54 Å². The molecular weight excluding hydrogens is 394 g/mol. The van der Waals surface area contributed by atoms with Gasteiger partial charge in [0.15, 0.2) is 4.96 Å². The number of methoxy groups -OCH3 is 1. The maximum absolute atomic E-state index is 12.6. The highest BCUT2D eigenvalue weighted by molar-refractivity contribution is 7.23. The second-order valence-electron chi connectivity index (χ2n) is 6.96. The number of nitrogens with zero attached hydrogens (tertiary/aromatic N) is 2. The number of imidazole rings is 1. The molecule has 0 radical (unpaired) electrons. The van der Waals surface area contributed by atoms with E-state index in [1.165, 1.54) is 0 Å². The SMILES string of the molecule is COc1cccc(CNC(=O)c2ccc3c(c2)sc2nc(-c4ccccc4)cn23)c1. The predicted octanol–water partition coefficient (Wildman–Crippen LogP) is 5.15. The van der Waals surface area contributed by atoms with E-state index < -0.39 is 0 Å². The largest absolute Gasteiger partial charge is 0.497 e. The molecule has 5 rings (SSSR count). The maximum atomic E-state index is 12.6. The van der Waals surface area contributed by atoms with Crippen LogP contribution in [-0.4, -0.2) is 22.4 Å². The van der Waals surface area contributed by atoms with E-state index in [-0.39, 0.29) is 5.91 Å². The number of rotatable bonds is 5. The van der Waals surface area contributed by atoms with Gasteiger partial charge >= 0.3 is 0 Å². The lowest BCUT2D eigenvalue weighted by Gasteiger charge is -2.07. The molecule has 0 atom stereocenters. The number of amides is 1. The van der Waals surface area contributed by atoms with E-state index in [0.29, 0.717) is 12.1 Å². The van der Waals surface area contributed by atoms with Crippen LogP contribution in [0.2, 0.25) is 0 Å². The number of hydrogen-bond donors (Lipinski definition) is 1. The van der Waals surface area contributed by atoms with Gasteiger partial charge in [0.25, 0.3) is 5.91 Å². The van der Waals surface area contributed by atoms with Crippen LogP contribution in [0.25, 0.3) is 26.4 Å². The van der Waals surface area contributed by atoms with Gasteiger partial charge in [0, 0.05) is 23.9 Å². The van der Waals surface area contributed by atoms with Crippen LogP contribution in [0.1, 0.15) is 15.9 Å². The average molecular weight is 414 g/mol. The van der Waals surface area contributed by atoms with Crippen LogP contribution >= 0.6 is 11.3 Å². The van der Waals surface area contributed by atoms with Gasteiger partial charge in [0.05, 0.1) is 23.0 Å². The fraction of sp³-hybridized carbons (Fsp3) is 0.0833. The van der Waals surface area contributed by atoms with Crippen molar-refractivity contribution in [3.63, 3.8) is 0 Å². The Hall–Kier alpha value is -3.64. The third kappa shape index (κ3) is 3.42. The summed E-state index contributed by atoms with van der Waals surface area (Å²) >= 11 is 1.58. The van der Waals surface area contributed by atoms with E-state index >= 15 is 0 Å². The number of carbonyl (C=O) groups excluding carboxylic acids is 1. The van der Waals surface area contributed by atoms with E-state index in [4.69, 9.17) is 9.72 Å². The zero-order chi connectivity index (χ0) is 20.5. The minimum absolute atomic E-state index is 0.101. The zero-order valence-corrected chi connectivity index (χ0v) is 17.1. The number of benzene rings is 3. The quantitative estimate of drug-likeness (QED) is 0.433. The zero-order valence-electron chi connectivity index (χ0n) is 16.3. The Morgan fingerprint density at radius 1 is 1.07 bits per heavy atom. The number of aromatic nitrogens is 2. The van der Waals surface area contributed by atoms with Crippen molar-refractivity contribution in [3.05, 3.63) is 90.1 Å². The summed E-state index contributed by atoms with van der Waals surface area (Å²) in [5.74, 6) is 0.677. The number of fused-ring (bicyclic) bond motifs is 3. The second kappa shape index (κ2) is 7.65. The molecular formula is C24H19N3O2S. The van der Waals surface area contributed by atoms with Crippen LogP contribution in [0.15, 0.2) is 79.0 Å². The second-order valence-corrected chi connectivity index (χ2v) is 7.97. The number of nitrogens with one attached hydrogen (secondary N) is 1. The summed E-state index contributed by atoms with van der Waals surface area (Å²) in [5, 5.41) is 2.98. The molecule has 0 saturated carbocycles. The molecule has 0 aliphatic carbocycles. The predicted molar refractivity (Wildman–Crippen MR) is 120 cm³/mol. The van der Waals surface area contributed by atoms with Crippen molar-refractivity contribution < 1.29 is 9.53 Å². The molecule has 148 valence electrons. The topological polar surface area (TPSA) is 55.6 Å². The third-order valence-corrected chi connectivity index (χ3v) is 6.03. The lowest BCUT2D eigenvalue weighted by Crippen LogP contribution is -2.22. The van der Waals surface area contributed by atoms with Gasteiger partial charge in [-0.25, -0.2) is 4.98 Å². The molecule has 1 amide bonds. The van der Waals surface area contributed by atoms with Gasteiger partial charge in [-0.1, -0.05) is 53.8 Å². The first-order valence-electron chi connectivity index (χ1n) is 9.59. The summed E-state index contributed by atoms with van der Waals surface area (Å²) in [7, 11) is 1.63. The first kappa shape index (κ1) is 18.4. The first-order valence-corrected chi connectivity index (χ1v) is 10.4. The highest BCUT2D eigenvalue weighted by atomic mass is 32.1. The van der Waals surface area contributed by atoms with Crippen LogP contribution < -0.4 is 10.1 Å². The average Bonchev–Trinajstić information content (AvgIpc) is 3.36. The van der Waals surface area contributed by atoms with Crippen LogP contribution in [0.5, 0.6) is 5.75 Å². The summed E-state index contributed by atoms with van der Waals surface area (Å²) in [5.41, 5.74) is 4.72. The van der Waals surface area contributed by atoms with Crippen molar-refractivity contribution in [2.75, 3.05) is 7.11 Å². The summed E-state index contributed by atoms with van der Waals surface area (Å²) < 4.78 is 8.35. The number of ether oxygens (including phenoxy) is 1. The van der Waals surface area contributed by atoms with Crippen molar-refractivity contribution in [1.82, 2.24) is 14.7 Å². The molecule has 0 fully saturated rings. The lowest BCUT2D eigenvalue weighted by molar-refractivity contribution is 0.0951. The summed E-state index contributed by atoms with van der Waals surface area (Å²) in [6, 6.07) is 23.6. The Kier molecular flexibility index (Phi) is 4.69. The monoisotopic (exact) mass is 413 g/mol. The highest BCUT2D eigenvalue weighted by Crippen LogP contribution is 2.30. The fourth-order valence-electron chi connectivity index (χ4n) is 3.46. The molecule has 2 heterocycles. The Balaban J connectivity index is 1.38. The fourth-order valence-corrected chi connectivity index (χ4v) is 4.50. The molecule has 0 bridgehead atoms. The van der Waals surface area contributed by atoms with Crippen LogP contribution in [0.4, 0.5) is 0 Å². The van der Waals surface area contributed by atoms with Crippen molar-refractivity contribution in [2.24, 2.45) is 0 Å². The molecule has 0 saturated heterocycles. The summed E-state index contributed by atoms with van der Waals surface area (Å²) in [6.07, 6.45) is 2.05. The van der Waals surface area contributed by atoms with Crippen LogP contribution in [0.3, 0.4) is 0 Å². The van der Waals surface area contributed by atoms with Gasteiger partial charge in [-0.3, -0.25) is 9.20 Å². The number of hydrogen-bond acceptors (Lipinski definition) is 4. The van der Waals surface area contributed by atoms with Crippen LogP contribution in [0, 0.1) is 0 Å². The molecule has 0 aliphatic rings. The highest BCUT2D eigenvalue weighted by Gasteiger charge is 2.13.